The third kappa shape index (κ3) is 18.6. The van der Waals surface area contributed by atoms with Crippen LogP contribution < -0.4 is 5.32 Å². The van der Waals surface area contributed by atoms with Crippen molar-refractivity contribution in [1.82, 2.24) is 5.32 Å². The van der Waals surface area contributed by atoms with Crippen molar-refractivity contribution < 1.29 is 0 Å². The molecule has 0 aromatic rings. The Morgan fingerprint density at radius 3 is 1.33 bits per heavy atom. The van der Waals surface area contributed by atoms with Crippen LogP contribution in [0.1, 0.15) is 90.9 Å². The third-order valence-corrected chi connectivity index (χ3v) is 3.46. The van der Waals surface area contributed by atoms with E-state index in [1.54, 1.807) is 0 Å². The lowest BCUT2D eigenvalue weighted by atomic mass is 10.1. The van der Waals surface area contributed by atoms with Crippen molar-refractivity contribution in [2.24, 2.45) is 0 Å². The molecule has 0 aliphatic carbocycles. The van der Waals surface area contributed by atoms with Crippen LogP contribution in [-0.2, 0) is 0 Å². The molecule has 1 nitrogen and oxygen atoms in total. The molecule has 2 heteroatoms. The maximum Gasteiger partial charge on any atom is -0.00490 e. The van der Waals surface area contributed by atoms with E-state index in [0.29, 0.717) is 0 Å². The normalized spacial score (nSPS) is 10.3. The highest BCUT2D eigenvalue weighted by Crippen LogP contribution is 2.11. The second-order valence-corrected chi connectivity index (χ2v) is 5.24. The maximum atomic E-state index is 3.38. The number of unbranched alkanes of at least 4 members (excludes halogenated alkanes) is 11. The SMILES string of the molecule is CCCCCCCCCCCCCCNCC.Cl. The molecule has 0 amide bonds. The molecule has 0 atom stereocenters. The first-order chi connectivity index (χ1) is 8.41. The summed E-state index contributed by atoms with van der Waals surface area (Å²) in [5.41, 5.74) is 0. The Kier molecular flexibility index (Phi) is 22.4. The highest BCUT2D eigenvalue weighted by molar-refractivity contribution is 5.85. The zero-order valence-corrected chi connectivity index (χ0v) is 13.6. The van der Waals surface area contributed by atoms with Crippen LogP contribution in [0.4, 0.5) is 0 Å². The number of halogens is 1. The summed E-state index contributed by atoms with van der Waals surface area (Å²) in [6, 6.07) is 0. The lowest BCUT2D eigenvalue weighted by molar-refractivity contribution is 0.538. The van der Waals surface area contributed by atoms with E-state index in [-0.39, 0.29) is 12.4 Å². The maximum absolute atomic E-state index is 3.38. The molecule has 0 aliphatic heterocycles. The Bertz CT molecular complexity index is 114. The van der Waals surface area contributed by atoms with E-state index in [9.17, 15) is 0 Å². The molecule has 0 saturated carbocycles. The van der Waals surface area contributed by atoms with Gasteiger partial charge in [-0.15, -0.1) is 12.4 Å². The van der Waals surface area contributed by atoms with Crippen LogP contribution >= 0.6 is 12.4 Å². The first-order valence-electron chi connectivity index (χ1n) is 8.12. The molecule has 18 heavy (non-hydrogen) atoms. The highest BCUT2D eigenvalue weighted by Gasteiger charge is 1.93. The van der Waals surface area contributed by atoms with Crippen molar-refractivity contribution in [2.75, 3.05) is 13.1 Å². The topological polar surface area (TPSA) is 12.0 Å². The average molecular weight is 278 g/mol. The zero-order valence-electron chi connectivity index (χ0n) is 12.8. The van der Waals surface area contributed by atoms with Crippen molar-refractivity contribution in [3.63, 3.8) is 0 Å². The van der Waals surface area contributed by atoms with Crippen molar-refractivity contribution in [3.8, 4) is 0 Å². The zero-order chi connectivity index (χ0) is 12.6. The van der Waals surface area contributed by atoms with Crippen LogP contribution in [0.25, 0.3) is 0 Å². The molecule has 0 bridgehead atoms. The minimum atomic E-state index is 0. The molecule has 0 spiro atoms. The summed E-state index contributed by atoms with van der Waals surface area (Å²) in [6.45, 7) is 6.81. The van der Waals surface area contributed by atoms with Crippen molar-refractivity contribution in [1.29, 1.82) is 0 Å². The predicted octanol–water partition coefficient (Wildman–Crippen LogP) is 5.72. The van der Waals surface area contributed by atoms with Gasteiger partial charge in [-0.1, -0.05) is 84.5 Å². The van der Waals surface area contributed by atoms with Gasteiger partial charge in [-0.2, -0.15) is 0 Å². The van der Waals surface area contributed by atoms with Gasteiger partial charge < -0.3 is 5.32 Å². The van der Waals surface area contributed by atoms with E-state index < -0.39 is 0 Å². The van der Waals surface area contributed by atoms with Crippen LogP contribution in [0.5, 0.6) is 0 Å². The first-order valence-corrected chi connectivity index (χ1v) is 8.12. The van der Waals surface area contributed by atoms with E-state index >= 15 is 0 Å². The van der Waals surface area contributed by atoms with Gasteiger partial charge in [-0.25, -0.2) is 0 Å². The van der Waals surface area contributed by atoms with E-state index in [1.165, 1.54) is 83.6 Å². The lowest BCUT2D eigenvalue weighted by Crippen LogP contribution is -2.13. The number of nitrogens with one attached hydrogen (secondary N) is 1. The van der Waals surface area contributed by atoms with Crippen molar-refractivity contribution in [2.45, 2.75) is 90.9 Å². The molecule has 0 saturated heterocycles. The Labute approximate surface area is 122 Å². The van der Waals surface area contributed by atoms with E-state index in [0.717, 1.165) is 6.54 Å². The summed E-state index contributed by atoms with van der Waals surface area (Å²) in [5.74, 6) is 0. The van der Waals surface area contributed by atoms with Crippen LogP contribution in [0.3, 0.4) is 0 Å². The molecule has 0 aromatic carbocycles. The standard InChI is InChI=1S/C16H35N.ClH/c1-3-5-6-7-8-9-10-11-12-13-14-15-16-17-4-2;/h17H,3-16H2,1-2H3;1H. The molecule has 0 aliphatic rings. The van der Waals surface area contributed by atoms with Gasteiger partial charge in [-0.05, 0) is 19.5 Å². The number of hydrogen-bond acceptors (Lipinski definition) is 1. The van der Waals surface area contributed by atoms with Gasteiger partial charge in [-0.3, -0.25) is 0 Å². The Balaban J connectivity index is 0. The molecule has 0 aromatic heterocycles. The van der Waals surface area contributed by atoms with E-state index in [2.05, 4.69) is 19.2 Å². The molecule has 0 fully saturated rings. The molecule has 112 valence electrons. The van der Waals surface area contributed by atoms with Crippen LogP contribution in [0, 0.1) is 0 Å². The van der Waals surface area contributed by atoms with Crippen molar-refractivity contribution in [3.05, 3.63) is 0 Å². The lowest BCUT2D eigenvalue weighted by Gasteiger charge is -2.03. The quantitative estimate of drug-likeness (QED) is 0.401. The minimum absolute atomic E-state index is 0. The van der Waals surface area contributed by atoms with Gasteiger partial charge in [0.1, 0.15) is 0 Å². The van der Waals surface area contributed by atoms with Crippen molar-refractivity contribution >= 4 is 12.4 Å². The first kappa shape index (κ1) is 20.6. The summed E-state index contributed by atoms with van der Waals surface area (Å²) in [4.78, 5) is 0. The fraction of sp³-hybridized carbons (Fsp3) is 1.00. The Morgan fingerprint density at radius 2 is 0.944 bits per heavy atom. The molecule has 0 radical (unpaired) electrons. The monoisotopic (exact) mass is 277 g/mol. The molecule has 0 unspecified atom stereocenters. The fourth-order valence-electron chi connectivity index (χ4n) is 2.27. The summed E-state index contributed by atoms with van der Waals surface area (Å²) in [6.07, 6.45) is 17.3. The second-order valence-electron chi connectivity index (χ2n) is 5.24. The van der Waals surface area contributed by atoms with E-state index in [1.807, 2.05) is 0 Å². The summed E-state index contributed by atoms with van der Waals surface area (Å²) in [5, 5.41) is 3.38. The molecule has 0 heterocycles. The van der Waals surface area contributed by atoms with Crippen LogP contribution in [0.2, 0.25) is 0 Å². The van der Waals surface area contributed by atoms with Crippen LogP contribution in [0.15, 0.2) is 0 Å². The molecular formula is C16H36ClN. The summed E-state index contributed by atoms with van der Waals surface area (Å²) < 4.78 is 0. The predicted molar refractivity (Wildman–Crippen MR) is 86.9 cm³/mol. The Hall–Kier alpha value is 0.250. The minimum Gasteiger partial charge on any atom is -0.317 e. The number of hydrogen-bond donors (Lipinski definition) is 1. The number of rotatable bonds is 14. The summed E-state index contributed by atoms with van der Waals surface area (Å²) >= 11 is 0. The second kappa shape index (κ2) is 19.6. The van der Waals surface area contributed by atoms with Gasteiger partial charge in [0, 0.05) is 0 Å². The van der Waals surface area contributed by atoms with Gasteiger partial charge >= 0.3 is 0 Å². The van der Waals surface area contributed by atoms with E-state index in [4.69, 9.17) is 0 Å². The average Bonchev–Trinajstić information content (AvgIpc) is 2.35. The molecule has 1 N–H and O–H groups in total. The van der Waals surface area contributed by atoms with Gasteiger partial charge in [0.15, 0.2) is 0 Å². The highest BCUT2D eigenvalue weighted by atomic mass is 35.5. The smallest absolute Gasteiger partial charge is 0.00490 e. The third-order valence-electron chi connectivity index (χ3n) is 3.46. The van der Waals surface area contributed by atoms with Crippen LogP contribution in [-0.4, -0.2) is 13.1 Å². The van der Waals surface area contributed by atoms with Gasteiger partial charge in [0.25, 0.3) is 0 Å². The largest absolute Gasteiger partial charge is 0.317 e. The summed E-state index contributed by atoms with van der Waals surface area (Å²) in [7, 11) is 0. The Morgan fingerprint density at radius 1 is 0.556 bits per heavy atom. The fourth-order valence-corrected chi connectivity index (χ4v) is 2.27. The van der Waals surface area contributed by atoms with Gasteiger partial charge in [0.05, 0.1) is 0 Å². The molecular weight excluding hydrogens is 242 g/mol. The molecule has 0 rings (SSSR count). The van der Waals surface area contributed by atoms with Gasteiger partial charge in [0.2, 0.25) is 0 Å².